The minimum Gasteiger partial charge on any atom is -0.358 e. The molecule has 0 atom stereocenters. The predicted octanol–water partition coefficient (Wildman–Crippen LogP) is 4.54. The van der Waals surface area contributed by atoms with Crippen molar-refractivity contribution >= 4 is 26.6 Å². The number of nitrogens with one attached hydrogen (secondary N) is 2. The molecule has 126 valence electrons. The van der Waals surface area contributed by atoms with Gasteiger partial charge in [0.05, 0.1) is 4.90 Å². The molecule has 0 aliphatic heterocycles. The molecule has 5 heteroatoms. The highest BCUT2D eigenvalue weighted by molar-refractivity contribution is 7.92. The van der Waals surface area contributed by atoms with Gasteiger partial charge < -0.3 is 4.98 Å². The summed E-state index contributed by atoms with van der Waals surface area (Å²) in [4.78, 5) is 3.57. The third-order valence-corrected chi connectivity index (χ3v) is 5.73. The van der Waals surface area contributed by atoms with Crippen molar-refractivity contribution in [2.24, 2.45) is 0 Å². The molecule has 0 fully saturated rings. The van der Waals surface area contributed by atoms with Crippen LogP contribution in [0, 0.1) is 13.8 Å². The zero-order chi connectivity index (χ0) is 17.3. The molecule has 0 spiro atoms. The molecule has 1 heterocycles. The third kappa shape index (κ3) is 3.17. The van der Waals surface area contributed by atoms with E-state index in [2.05, 4.69) is 16.6 Å². The predicted molar refractivity (Wildman–Crippen MR) is 99.0 cm³/mol. The Morgan fingerprint density at radius 1 is 1.04 bits per heavy atom. The van der Waals surface area contributed by atoms with Gasteiger partial charge in [-0.3, -0.25) is 4.72 Å². The summed E-state index contributed by atoms with van der Waals surface area (Å²) in [7, 11) is -3.58. The van der Waals surface area contributed by atoms with Gasteiger partial charge in [0.2, 0.25) is 0 Å². The molecular formula is C19H22N2O2S. The summed E-state index contributed by atoms with van der Waals surface area (Å²) in [5.41, 5.74) is 4.96. The molecule has 0 unspecified atom stereocenters. The smallest absolute Gasteiger partial charge is 0.261 e. The average molecular weight is 342 g/mol. The zero-order valence-corrected chi connectivity index (χ0v) is 15.0. The first-order chi connectivity index (χ1) is 11.4. The largest absolute Gasteiger partial charge is 0.358 e. The van der Waals surface area contributed by atoms with Crippen molar-refractivity contribution in [1.82, 2.24) is 4.98 Å². The summed E-state index contributed by atoms with van der Waals surface area (Å²) < 4.78 is 27.8. The first-order valence-electron chi connectivity index (χ1n) is 8.11. The molecule has 0 amide bonds. The number of H-pyrrole nitrogens is 1. The molecular weight excluding hydrogens is 320 g/mol. The number of hydrogen-bond acceptors (Lipinski definition) is 2. The second-order valence-electron chi connectivity index (χ2n) is 6.13. The van der Waals surface area contributed by atoms with E-state index in [1.165, 1.54) is 0 Å². The number of aryl methyl sites for hydroxylation is 3. The fourth-order valence-corrected chi connectivity index (χ4v) is 3.91. The van der Waals surface area contributed by atoms with Gasteiger partial charge >= 0.3 is 0 Å². The summed E-state index contributed by atoms with van der Waals surface area (Å²) in [6.07, 6.45) is 2.00. The molecule has 0 saturated heterocycles. The summed E-state index contributed by atoms with van der Waals surface area (Å²) in [6, 6.07) is 12.6. The second-order valence-corrected chi connectivity index (χ2v) is 7.82. The van der Waals surface area contributed by atoms with E-state index in [4.69, 9.17) is 0 Å². The molecule has 3 aromatic rings. The van der Waals surface area contributed by atoms with Gasteiger partial charge in [0.25, 0.3) is 10.0 Å². The van der Waals surface area contributed by atoms with Crippen molar-refractivity contribution in [3.63, 3.8) is 0 Å². The number of sulfonamides is 1. The number of fused-ring (bicyclic) bond motifs is 1. The molecule has 0 aliphatic carbocycles. The van der Waals surface area contributed by atoms with E-state index in [0.717, 1.165) is 40.6 Å². The lowest BCUT2D eigenvalue weighted by atomic mass is 10.1. The van der Waals surface area contributed by atoms with Gasteiger partial charge in [-0.05, 0) is 61.7 Å². The van der Waals surface area contributed by atoms with Crippen molar-refractivity contribution in [2.45, 2.75) is 38.5 Å². The van der Waals surface area contributed by atoms with Crippen LogP contribution in [-0.2, 0) is 16.4 Å². The van der Waals surface area contributed by atoms with Gasteiger partial charge in [0.15, 0.2) is 0 Å². The van der Waals surface area contributed by atoms with E-state index in [0.29, 0.717) is 5.69 Å². The van der Waals surface area contributed by atoms with Crippen LogP contribution < -0.4 is 4.72 Å². The lowest BCUT2D eigenvalue weighted by Gasteiger charge is -2.09. The Morgan fingerprint density at radius 2 is 1.75 bits per heavy atom. The topological polar surface area (TPSA) is 62.0 Å². The molecule has 0 saturated carbocycles. The van der Waals surface area contributed by atoms with E-state index in [9.17, 15) is 8.42 Å². The molecule has 0 bridgehead atoms. The van der Waals surface area contributed by atoms with Crippen molar-refractivity contribution in [3.05, 3.63) is 59.3 Å². The van der Waals surface area contributed by atoms with Crippen LogP contribution in [0.15, 0.2) is 47.4 Å². The van der Waals surface area contributed by atoms with Crippen LogP contribution in [0.25, 0.3) is 10.9 Å². The Kier molecular flexibility index (Phi) is 4.37. The third-order valence-electron chi connectivity index (χ3n) is 4.33. The van der Waals surface area contributed by atoms with Crippen molar-refractivity contribution < 1.29 is 8.42 Å². The molecule has 3 rings (SSSR count). The van der Waals surface area contributed by atoms with Gasteiger partial charge in [0.1, 0.15) is 0 Å². The van der Waals surface area contributed by atoms with E-state index in [1.54, 1.807) is 18.2 Å². The highest BCUT2D eigenvalue weighted by Gasteiger charge is 2.15. The Labute approximate surface area is 143 Å². The fraction of sp³-hybridized carbons (Fsp3) is 0.263. The summed E-state index contributed by atoms with van der Waals surface area (Å²) in [6.45, 7) is 6.14. The first-order valence-corrected chi connectivity index (χ1v) is 9.59. The Hall–Kier alpha value is -2.27. The second kappa shape index (κ2) is 6.32. The first kappa shape index (κ1) is 16.6. The number of aromatic amines is 1. The number of benzene rings is 2. The summed E-state index contributed by atoms with van der Waals surface area (Å²) in [5, 5.41) is 1.03. The van der Waals surface area contributed by atoms with Crippen LogP contribution >= 0.6 is 0 Å². The number of anilines is 1. The lowest BCUT2D eigenvalue weighted by molar-refractivity contribution is 0.601. The number of aromatic nitrogens is 1. The maximum absolute atomic E-state index is 12.6. The monoisotopic (exact) mass is 342 g/mol. The summed E-state index contributed by atoms with van der Waals surface area (Å²) in [5.74, 6) is 0. The van der Waals surface area contributed by atoms with Crippen LogP contribution in [0.4, 0.5) is 5.69 Å². The minimum absolute atomic E-state index is 0.282. The van der Waals surface area contributed by atoms with Crippen molar-refractivity contribution in [2.75, 3.05) is 4.72 Å². The van der Waals surface area contributed by atoms with Gasteiger partial charge in [-0.15, -0.1) is 0 Å². The van der Waals surface area contributed by atoms with E-state index in [-0.39, 0.29) is 4.90 Å². The van der Waals surface area contributed by atoms with Crippen LogP contribution in [-0.4, -0.2) is 13.4 Å². The van der Waals surface area contributed by atoms with E-state index in [1.807, 2.05) is 38.1 Å². The Morgan fingerprint density at radius 3 is 2.42 bits per heavy atom. The Balaban J connectivity index is 1.89. The number of rotatable bonds is 5. The molecule has 2 aromatic carbocycles. The average Bonchev–Trinajstić information content (AvgIpc) is 2.83. The SMILES string of the molecule is CCCc1ccc(S(=O)(=O)Nc2ccc3[nH]c(C)c(C)c3c2)cc1. The maximum Gasteiger partial charge on any atom is 0.261 e. The standard InChI is InChI=1S/C19H22N2O2S/c1-4-5-15-6-9-17(10-7-15)24(22,23)21-16-8-11-19-18(12-16)13(2)14(3)20-19/h6-12,20-21H,4-5H2,1-3H3. The minimum atomic E-state index is -3.58. The van der Waals surface area contributed by atoms with Gasteiger partial charge in [-0.1, -0.05) is 25.5 Å². The molecule has 0 radical (unpaired) electrons. The fourth-order valence-electron chi connectivity index (χ4n) is 2.86. The molecule has 0 aliphatic rings. The van der Waals surface area contributed by atoms with E-state index < -0.39 is 10.0 Å². The molecule has 1 aromatic heterocycles. The van der Waals surface area contributed by atoms with Gasteiger partial charge in [-0.2, -0.15) is 0 Å². The van der Waals surface area contributed by atoms with Crippen molar-refractivity contribution in [1.29, 1.82) is 0 Å². The quantitative estimate of drug-likeness (QED) is 0.715. The van der Waals surface area contributed by atoms with E-state index >= 15 is 0 Å². The van der Waals surface area contributed by atoms with Crippen LogP contribution in [0.1, 0.15) is 30.2 Å². The molecule has 2 N–H and O–H groups in total. The van der Waals surface area contributed by atoms with Gasteiger partial charge in [0, 0.05) is 22.3 Å². The van der Waals surface area contributed by atoms with Crippen LogP contribution in [0.5, 0.6) is 0 Å². The highest BCUT2D eigenvalue weighted by atomic mass is 32.2. The highest BCUT2D eigenvalue weighted by Crippen LogP contribution is 2.26. The maximum atomic E-state index is 12.6. The lowest BCUT2D eigenvalue weighted by Crippen LogP contribution is -2.12. The Bertz CT molecular complexity index is 971. The summed E-state index contributed by atoms with van der Waals surface area (Å²) >= 11 is 0. The molecule has 4 nitrogen and oxygen atoms in total. The van der Waals surface area contributed by atoms with Crippen LogP contribution in [0.3, 0.4) is 0 Å². The van der Waals surface area contributed by atoms with Gasteiger partial charge in [-0.25, -0.2) is 8.42 Å². The normalized spacial score (nSPS) is 11.8. The van der Waals surface area contributed by atoms with Crippen molar-refractivity contribution in [3.8, 4) is 0 Å². The van der Waals surface area contributed by atoms with Crippen LogP contribution in [0.2, 0.25) is 0 Å². The zero-order valence-electron chi connectivity index (χ0n) is 14.2. The molecule has 24 heavy (non-hydrogen) atoms. The number of hydrogen-bond donors (Lipinski definition) is 2.